The van der Waals surface area contributed by atoms with Crippen molar-refractivity contribution in [2.24, 2.45) is 5.92 Å². The molecule has 1 saturated heterocycles. The second-order valence-corrected chi connectivity index (χ2v) is 5.77. The summed E-state index contributed by atoms with van der Waals surface area (Å²) < 4.78 is 37.3. The molecule has 1 unspecified atom stereocenters. The minimum absolute atomic E-state index is 0.0340. The van der Waals surface area contributed by atoms with Crippen LogP contribution in [0.1, 0.15) is 23.3 Å². The summed E-state index contributed by atoms with van der Waals surface area (Å²) >= 11 is 0. The molecule has 0 radical (unpaired) electrons. The van der Waals surface area contributed by atoms with E-state index in [0.29, 0.717) is 17.2 Å². The number of carbonyl (C=O) groups excluding carboxylic acids is 1. The molecule has 1 fully saturated rings. The van der Waals surface area contributed by atoms with Crippen molar-refractivity contribution in [2.75, 3.05) is 13.1 Å². The molecule has 122 valence electrons. The molecule has 7 heteroatoms. The lowest BCUT2D eigenvalue weighted by Crippen LogP contribution is -2.30. The van der Waals surface area contributed by atoms with Crippen LogP contribution in [0, 0.1) is 5.92 Å². The third-order valence-corrected chi connectivity index (χ3v) is 4.07. The number of hydrogen-bond donors (Lipinski definition) is 1. The van der Waals surface area contributed by atoms with Gasteiger partial charge in [0.05, 0.1) is 0 Å². The fourth-order valence-corrected chi connectivity index (χ4v) is 2.97. The first kappa shape index (κ1) is 15.6. The molecule has 1 aliphatic heterocycles. The number of alkyl halides is 3. The van der Waals surface area contributed by atoms with Crippen LogP contribution in [0.3, 0.4) is 0 Å². The molecule has 2 aromatic rings. The van der Waals surface area contributed by atoms with Gasteiger partial charge in [0.15, 0.2) is 11.4 Å². The number of carbonyl (C=O) groups is 1. The van der Waals surface area contributed by atoms with Crippen LogP contribution in [0.25, 0.3) is 10.8 Å². The van der Waals surface area contributed by atoms with Gasteiger partial charge < -0.3 is 10.0 Å². The fraction of sp³-hybridized carbons (Fsp3) is 0.375. The van der Waals surface area contributed by atoms with E-state index in [9.17, 15) is 23.1 Å². The van der Waals surface area contributed by atoms with Crippen molar-refractivity contribution in [3.63, 3.8) is 0 Å². The first-order valence-corrected chi connectivity index (χ1v) is 7.28. The highest BCUT2D eigenvalue weighted by Gasteiger charge is 2.37. The average Bonchev–Trinajstić information content (AvgIpc) is 2.93. The lowest BCUT2D eigenvalue weighted by molar-refractivity contribution is -0.143. The van der Waals surface area contributed by atoms with E-state index in [4.69, 9.17) is 0 Å². The number of nitrogens with zero attached hydrogens (tertiary/aromatic N) is 2. The number of fused-ring (bicyclic) bond motifs is 1. The van der Waals surface area contributed by atoms with Gasteiger partial charge in [-0.15, -0.1) is 0 Å². The van der Waals surface area contributed by atoms with Crippen molar-refractivity contribution in [2.45, 2.75) is 19.0 Å². The lowest BCUT2D eigenvalue weighted by Gasteiger charge is -2.17. The number of aromatic nitrogens is 1. The van der Waals surface area contributed by atoms with E-state index in [1.807, 2.05) is 0 Å². The average molecular weight is 324 g/mol. The molecule has 0 spiro atoms. The summed E-state index contributed by atoms with van der Waals surface area (Å²) in [5.74, 6) is -1.35. The highest BCUT2D eigenvalue weighted by atomic mass is 19.4. The second-order valence-electron chi connectivity index (χ2n) is 5.77. The Kier molecular flexibility index (Phi) is 3.87. The SMILES string of the molecule is O=C(c1ncc2ccccc2c1O)N1CCC(CC(F)(F)F)C1. The number of pyridine rings is 1. The van der Waals surface area contributed by atoms with Crippen LogP contribution in [0.2, 0.25) is 0 Å². The van der Waals surface area contributed by atoms with E-state index in [2.05, 4.69) is 4.98 Å². The lowest BCUT2D eigenvalue weighted by atomic mass is 10.1. The van der Waals surface area contributed by atoms with Gasteiger partial charge >= 0.3 is 6.18 Å². The molecule has 2 heterocycles. The molecule has 23 heavy (non-hydrogen) atoms. The monoisotopic (exact) mass is 324 g/mol. The number of likely N-dealkylation sites (tertiary alicyclic amines) is 1. The number of amides is 1. The quantitative estimate of drug-likeness (QED) is 0.921. The number of rotatable bonds is 2. The van der Waals surface area contributed by atoms with Crippen LogP contribution < -0.4 is 0 Å². The van der Waals surface area contributed by atoms with Crippen molar-refractivity contribution in [3.8, 4) is 5.75 Å². The van der Waals surface area contributed by atoms with Crippen LogP contribution in [-0.2, 0) is 0 Å². The Balaban J connectivity index is 1.80. The maximum atomic E-state index is 12.4. The van der Waals surface area contributed by atoms with E-state index >= 15 is 0 Å². The highest BCUT2D eigenvalue weighted by Crippen LogP contribution is 2.32. The molecule has 1 N–H and O–H groups in total. The van der Waals surface area contributed by atoms with Gasteiger partial charge in [-0.05, 0) is 12.3 Å². The first-order valence-electron chi connectivity index (χ1n) is 7.28. The Morgan fingerprint density at radius 3 is 2.83 bits per heavy atom. The minimum Gasteiger partial charge on any atom is -0.505 e. The van der Waals surface area contributed by atoms with Gasteiger partial charge in [-0.2, -0.15) is 13.2 Å². The summed E-state index contributed by atoms with van der Waals surface area (Å²) in [5, 5.41) is 11.4. The number of aromatic hydroxyl groups is 1. The Labute approximate surface area is 130 Å². The summed E-state index contributed by atoms with van der Waals surface area (Å²) in [6, 6.07) is 6.93. The maximum Gasteiger partial charge on any atom is 0.389 e. The molecular weight excluding hydrogens is 309 g/mol. The molecule has 0 bridgehead atoms. The molecular formula is C16H15F3N2O2. The highest BCUT2D eigenvalue weighted by molar-refractivity contribution is 6.01. The largest absolute Gasteiger partial charge is 0.505 e. The molecule has 0 saturated carbocycles. The molecule has 1 aromatic heterocycles. The number of benzene rings is 1. The number of halogens is 3. The van der Waals surface area contributed by atoms with Gasteiger partial charge in [-0.1, -0.05) is 24.3 Å². The van der Waals surface area contributed by atoms with Crippen LogP contribution >= 0.6 is 0 Å². The molecule has 1 atom stereocenters. The fourth-order valence-electron chi connectivity index (χ4n) is 2.97. The van der Waals surface area contributed by atoms with E-state index < -0.39 is 24.4 Å². The smallest absolute Gasteiger partial charge is 0.389 e. The van der Waals surface area contributed by atoms with Crippen molar-refractivity contribution in [3.05, 3.63) is 36.2 Å². The zero-order chi connectivity index (χ0) is 16.6. The van der Waals surface area contributed by atoms with Gasteiger partial charge in [-0.3, -0.25) is 4.79 Å². The van der Waals surface area contributed by atoms with Crippen LogP contribution in [0.15, 0.2) is 30.5 Å². The predicted molar refractivity (Wildman–Crippen MR) is 78.1 cm³/mol. The summed E-state index contributed by atoms with van der Waals surface area (Å²) in [5.41, 5.74) is -0.114. The van der Waals surface area contributed by atoms with Crippen LogP contribution in [-0.4, -0.2) is 40.2 Å². The Morgan fingerprint density at radius 2 is 2.09 bits per heavy atom. The van der Waals surface area contributed by atoms with Crippen molar-refractivity contribution >= 4 is 16.7 Å². The normalized spacial score (nSPS) is 18.6. The van der Waals surface area contributed by atoms with Gasteiger partial charge in [-0.25, -0.2) is 4.98 Å². The van der Waals surface area contributed by atoms with Crippen LogP contribution in [0.5, 0.6) is 5.75 Å². The number of hydrogen-bond acceptors (Lipinski definition) is 3. The molecule has 1 amide bonds. The van der Waals surface area contributed by atoms with Gasteiger partial charge in [0, 0.05) is 36.5 Å². The van der Waals surface area contributed by atoms with Crippen LogP contribution in [0.4, 0.5) is 13.2 Å². The van der Waals surface area contributed by atoms with E-state index in [-0.39, 0.29) is 24.5 Å². The second kappa shape index (κ2) is 5.72. The summed E-state index contributed by atoms with van der Waals surface area (Å²) in [6.07, 6.45) is -3.34. The third kappa shape index (κ3) is 3.23. The minimum atomic E-state index is -4.23. The van der Waals surface area contributed by atoms with Gasteiger partial charge in [0.2, 0.25) is 0 Å². The maximum absolute atomic E-state index is 12.4. The molecule has 0 aliphatic carbocycles. The standard InChI is InChI=1S/C16H15F3N2O2/c17-16(18,19)7-10-5-6-21(9-10)15(23)13-14(22)12-4-2-1-3-11(12)8-20-13/h1-4,8,10,22H,5-7,9H2. The van der Waals surface area contributed by atoms with E-state index in [1.165, 1.54) is 11.1 Å². The van der Waals surface area contributed by atoms with Crippen molar-refractivity contribution in [1.29, 1.82) is 0 Å². The summed E-state index contributed by atoms with van der Waals surface area (Å²) in [7, 11) is 0. The molecule has 1 aliphatic rings. The summed E-state index contributed by atoms with van der Waals surface area (Å²) in [6.45, 7) is 0.278. The third-order valence-electron chi connectivity index (χ3n) is 4.07. The van der Waals surface area contributed by atoms with Gasteiger partial charge in [0.25, 0.3) is 5.91 Å². The zero-order valence-corrected chi connectivity index (χ0v) is 12.2. The molecule has 4 nitrogen and oxygen atoms in total. The molecule has 3 rings (SSSR count). The topological polar surface area (TPSA) is 53.4 Å². The Hall–Kier alpha value is -2.31. The van der Waals surface area contributed by atoms with Crippen molar-refractivity contribution in [1.82, 2.24) is 9.88 Å². The van der Waals surface area contributed by atoms with E-state index in [0.717, 1.165) is 0 Å². The Bertz CT molecular complexity index is 746. The van der Waals surface area contributed by atoms with Crippen molar-refractivity contribution < 1.29 is 23.1 Å². The Morgan fingerprint density at radius 1 is 1.35 bits per heavy atom. The van der Waals surface area contributed by atoms with E-state index in [1.54, 1.807) is 24.3 Å². The molecule has 1 aromatic carbocycles. The zero-order valence-electron chi connectivity index (χ0n) is 12.2. The summed E-state index contributed by atoms with van der Waals surface area (Å²) in [4.78, 5) is 17.8. The first-order chi connectivity index (χ1) is 10.8. The van der Waals surface area contributed by atoms with Gasteiger partial charge in [0.1, 0.15) is 0 Å². The predicted octanol–water partition coefficient (Wildman–Crippen LogP) is 3.35.